The molecule has 0 bridgehead atoms. The van der Waals surface area contributed by atoms with E-state index < -0.39 is 0 Å². The van der Waals surface area contributed by atoms with Gasteiger partial charge in [0.15, 0.2) is 0 Å². The fourth-order valence-corrected chi connectivity index (χ4v) is 2.40. The Balaban J connectivity index is 2.26. The Bertz CT molecular complexity index is 250. The molecule has 13 heavy (non-hydrogen) atoms. The quantitative estimate of drug-likeness (QED) is 0.857. The van der Waals surface area contributed by atoms with Crippen LogP contribution in [0.25, 0.3) is 0 Å². The van der Waals surface area contributed by atoms with Crippen molar-refractivity contribution in [3.8, 4) is 0 Å². The van der Waals surface area contributed by atoms with Crippen LogP contribution in [0.2, 0.25) is 0 Å². The van der Waals surface area contributed by atoms with Gasteiger partial charge in [0.05, 0.1) is 5.00 Å². The number of halogens is 1. The molecule has 1 atom stereocenters. The van der Waals surface area contributed by atoms with Gasteiger partial charge in [0.25, 0.3) is 0 Å². The minimum absolute atomic E-state index is 0.644. The van der Waals surface area contributed by atoms with E-state index in [0.717, 1.165) is 24.0 Å². The van der Waals surface area contributed by atoms with Gasteiger partial charge in [-0.1, -0.05) is 6.92 Å². The second-order valence-corrected chi connectivity index (χ2v) is 5.02. The molecule has 0 aliphatic rings. The van der Waals surface area contributed by atoms with Crippen LogP contribution < -0.4 is 11.1 Å². The van der Waals surface area contributed by atoms with Crippen LogP contribution in [0.15, 0.2) is 15.9 Å². The monoisotopic (exact) mass is 262 g/mol. The molecule has 0 aromatic carbocycles. The van der Waals surface area contributed by atoms with Crippen molar-refractivity contribution >= 4 is 32.3 Å². The third-order valence-corrected chi connectivity index (χ3v) is 3.50. The molecule has 0 amide bonds. The maximum Gasteiger partial charge on any atom is 0.0894 e. The minimum Gasteiger partial charge on any atom is -0.377 e. The van der Waals surface area contributed by atoms with Gasteiger partial charge in [0.1, 0.15) is 0 Å². The number of hydrogen-bond donors (Lipinski definition) is 2. The van der Waals surface area contributed by atoms with Crippen LogP contribution in [0.3, 0.4) is 0 Å². The van der Waals surface area contributed by atoms with E-state index in [-0.39, 0.29) is 0 Å². The summed E-state index contributed by atoms with van der Waals surface area (Å²) < 4.78 is 1.14. The average molecular weight is 263 g/mol. The standard InChI is InChI=1S/C9H15BrN2S/c1-7(2-3-11)5-12-9-4-8(10)6-13-9/h4,6-7,12H,2-3,5,11H2,1H3. The molecule has 1 rings (SSSR count). The van der Waals surface area contributed by atoms with E-state index in [1.165, 1.54) is 5.00 Å². The van der Waals surface area contributed by atoms with Crippen LogP contribution in [-0.4, -0.2) is 13.1 Å². The summed E-state index contributed by atoms with van der Waals surface area (Å²) in [6.07, 6.45) is 1.08. The lowest BCUT2D eigenvalue weighted by atomic mass is 10.1. The molecule has 74 valence electrons. The van der Waals surface area contributed by atoms with Crippen LogP contribution in [-0.2, 0) is 0 Å². The maximum atomic E-state index is 5.47. The topological polar surface area (TPSA) is 38.0 Å². The Labute approximate surface area is 91.7 Å². The summed E-state index contributed by atoms with van der Waals surface area (Å²) in [6, 6.07) is 2.10. The average Bonchev–Trinajstić information content (AvgIpc) is 2.49. The van der Waals surface area contributed by atoms with Crippen molar-refractivity contribution in [1.82, 2.24) is 0 Å². The van der Waals surface area contributed by atoms with Crippen molar-refractivity contribution in [2.24, 2.45) is 11.7 Å². The number of nitrogens with two attached hydrogens (primary N) is 1. The van der Waals surface area contributed by atoms with Crippen molar-refractivity contribution in [1.29, 1.82) is 0 Å². The van der Waals surface area contributed by atoms with E-state index >= 15 is 0 Å². The highest BCUT2D eigenvalue weighted by Gasteiger charge is 2.01. The fourth-order valence-electron chi connectivity index (χ4n) is 1.07. The second kappa shape index (κ2) is 5.62. The molecule has 0 saturated carbocycles. The zero-order valence-corrected chi connectivity index (χ0v) is 10.1. The molecule has 0 aliphatic heterocycles. The first-order chi connectivity index (χ1) is 6.22. The van der Waals surface area contributed by atoms with Gasteiger partial charge >= 0.3 is 0 Å². The number of anilines is 1. The van der Waals surface area contributed by atoms with Crippen LogP contribution in [0, 0.1) is 5.92 Å². The number of thiophene rings is 1. The molecule has 0 fully saturated rings. The van der Waals surface area contributed by atoms with Gasteiger partial charge in [-0.05, 0) is 40.9 Å². The molecule has 2 nitrogen and oxygen atoms in total. The van der Waals surface area contributed by atoms with E-state index in [0.29, 0.717) is 5.92 Å². The summed E-state index contributed by atoms with van der Waals surface area (Å²) >= 11 is 5.14. The molecule has 0 saturated heterocycles. The van der Waals surface area contributed by atoms with Crippen LogP contribution in [0.4, 0.5) is 5.00 Å². The first-order valence-electron chi connectivity index (χ1n) is 4.40. The highest BCUT2D eigenvalue weighted by atomic mass is 79.9. The molecule has 0 aliphatic carbocycles. The first-order valence-corrected chi connectivity index (χ1v) is 6.07. The summed E-state index contributed by atoms with van der Waals surface area (Å²) in [4.78, 5) is 0. The predicted octanol–water partition coefficient (Wildman–Crippen LogP) is 2.91. The fraction of sp³-hybridized carbons (Fsp3) is 0.556. The molecule has 1 unspecified atom stereocenters. The van der Waals surface area contributed by atoms with Gasteiger partial charge in [-0.2, -0.15) is 0 Å². The van der Waals surface area contributed by atoms with Crippen LogP contribution in [0.5, 0.6) is 0 Å². The highest BCUT2D eigenvalue weighted by molar-refractivity contribution is 9.10. The van der Waals surface area contributed by atoms with Gasteiger partial charge in [-0.3, -0.25) is 0 Å². The molecule has 1 aromatic rings. The first kappa shape index (κ1) is 11.0. The summed E-state index contributed by atoms with van der Waals surface area (Å²) in [5, 5.41) is 6.68. The predicted molar refractivity (Wildman–Crippen MR) is 63.3 cm³/mol. The molecular weight excluding hydrogens is 248 g/mol. The molecule has 4 heteroatoms. The molecule has 3 N–H and O–H groups in total. The number of rotatable bonds is 5. The Morgan fingerprint density at radius 1 is 1.69 bits per heavy atom. The van der Waals surface area contributed by atoms with E-state index in [4.69, 9.17) is 5.73 Å². The molecule has 1 heterocycles. The van der Waals surface area contributed by atoms with Crippen LogP contribution in [0.1, 0.15) is 13.3 Å². The number of nitrogens with one attached hydrogen (secondary N) is 1. The smallest absolute Gasteiger partial charge is 0.0894 e. The number of hydrogen-bond acceptors (Lipinski definition) is 3. The van der Waals surface area contributed by atoms with Crippen molar-refractivity contribution < 1.29 is 0 Å². The third-order valence-electron chi connectivity index (χ3n) is 1.85. The summed E-state index contributed by atoms with van der Waals surface area (Å²) in [6.45, 7) is 3.99. The second-order valence-electron chi connectivity index (χ2n) is 3.19. The molecule has 0 radical (unpaired) electrons. The van der Waals surface area contributed by atoms with E-state index in [2.05, 4.69) is 39.6 Å². The molecular formula is C9H15BrN2S. The third kappa shape index (κ3) is 4.11. The lowest BCUT2D eigenvalue weighted by molar-refractivity contribution is 0.569. The Kier molecular flexibility index (Phi) is 4.77. The van der Waals surface area contributed by atoms with Gasteiger partial charge in [-0.15, -0.1) is 11.3 Å². The van der Waals surface area contributed by atoms with Gasteiger partial charge in [0, 0.05) is 16.4 Å². The van der Waals surface area contributed by atoms with Gasteiger partial charge < -0.3 is 11.1 Å². The van der Waals surface area contributed by atoms with E-state index in [1.807, 2.05) is 0 Å². The molecule has 0 spiro atoms. The normalized spacial score (nSPS) is 12.8. The minimum atomic E-state index is 0.644. The lowest BCUT2D eigenvalue weighted by Gasteiger charge is -2.10. The van der Waals surface area contributed by atoms with Crippen molar-refractivity contribution in [3.63, 3.8) is 0 Å². The van der Waals surface area contributed by atoms with Crippen molar-refractivity contribution in [2.45, 2.75) is 13.3 Å². The highest BCUT2D eigenvalue weighted by Crippen LogP contribution is 2.24. The van der Waals surface area contributed by atoms with E-state index in [1.54, 1.807) is 11.3 Å². The SMILES string of the molecule is CC(CCN)CNc1cc(Br)cs1. The van der Waals surface area contributed by atoms with Gasteiger partial charge in [-0.25, -0.2) is 0 Å². The zero-order chi connectivity index (χ0) is 9.68. The summed E-state index contributed by atoms with van der Waals surface area (Å²) in [7, 11) is 0. The van der Waals surface area contributed by atoms with E-state index in [9.17, 15) is 0 Å². The Hall–Kier alpha value is -0.0600. The van der Waals surface area contributed by atoms with Crippen molar-refractivity contribution in [3.05, 3.63) is 15.9 Å². The van der Waals surface area contributed by atoms with Crippen LogP contribution >= 0.6 is 27.3 Å². The summed E-state index contributed by atoms with van der Waals surface area (Å²) in [5.41, 5.74) is 5.47. The Morgan fingerprint density at radius 2 is 2.46 bits per heavy atom. The Morgan fingerprint density at radius 3 is 3.00 bits per heavy atom. The van der Waals surface area contributed by atoms with Gasteiger partial charge in [0.2, 0.25) is 0 Å². The zero-order valence-electron chi connectivity index (χ0n) is 7.72. The largest absolute Gasteiger partial charge is 0.377 e. The molecule has 1 aromatic heterocycles. The van der Waals surface area contributed by atoms with Crippen molar-refractivity contribution in [2.75, 3.05) is 18.4 Å². The maximum absolute atomic E-state index is 5.47. The summed E-state index contributed by atoms with van der Waals surface area (Å²) in [5.74, 6) is 0.644. The lowest BCUT2D eigenvalue weighted by Crippen LogP contribution is -2.14.